The highest BCUT2D eigenvalue weighted by molar-refractivity contribution is 5.57. The van der Waals surface area contributed by atoms with Crippen LogP contribution in [0.15, 0.2) is 29.1 Å². The van der Waals surface area contributed by atoms with Crippen LogP contribution in [0.25, 0.3) is 11.4 Å². The summed E-state index contributed by atoms with van der Waals surface area (Å²) < 4.78 is 18.3. The van der Waals surface area contributed by atoms with Crippen molar-refractivity contribution in [2.45, 2.75) is 13.5 Å². The second-order valence-electron chi connectivity index (χ2n) is 4.21. The van der Waals surface area contributed by atoms with E-state index in [1.165, 1.54) is 25.3 Å². The first kappa shape index (κ1) is 14.2. The molecule has 1 aromatic carbocycles. The van der Waals surface area contributed by atoms with E-state index in [4.69, 9.17) is 4.74 Å². The normalized spacial score (nSPS) is 10.6. The Hall–Kier alpha value is -2.21. The summed E-state index contributed by atoms with van der Waals surface area (Å²) in [6.45, 7) is 3.26. The van der Waals surface area contributed by atoms with Crippen LogP contribution >= 0.6 is 0 Å². The van der Waals surface area contributed by atoms with Gasteiger partial charge in [-0.15, -0.1) is 0 Å². The molecule has 1 aromatic heterocycles. The number of hydrogen-bond acceptors (Lipinski definition) is 4. The fraction of sp³-hybridized carbons (Fsp3) is 0.286. The summed E-state index contributed by atoms with van der Waals surface area (Å²) in [4.78, 5) is 18.6. The summed E-state index contributed by atoms with van der Waals surface area (Å²) in [6, 6.07) is 5.77. The van der Waals surface area contributed by atoms with Gasteiger partial charge in [0.25, 0.3) is 5.56 Å². The molecule has 0 fully saturated rings. The van der Waals surface area contributed by atoms with E-state index in [2.05, 4.69) is 15.3 Å². The van der Waals surface area contributed by atoms with Gasteiger partial charge in [0.05, 0.1) is 12.8 Å². The third kappa shape index (κ3) is 3.21. The van der Waals surface area contributed by atoms with Crippen molar-refractivity contribution in [3.8, 4) is 17.1 Å². The van der Waals surface area contributed by atoms with Crippen molar-refractivity contribution in [3.63, 3.8) is 0 Å². The van der Waals surface area contributed by atoms with Crippen LogP contribution in [-0.4, -0.2) is 23.6 Å². The molecule has 106 valence electrons. The molecule has 1 heterocycles. The van der Waals surface area contributed by atoms with Gasteiger partial charge in [-0.3, -0.25) is 4.79 Å². The molecular weight excluding hydrogens is 261 g/mol. The number of H-pyrrole nitrogens is 1. The van der Waals surface area contributed by atoms with Gasteiger partial charge in [-0.1, -0.05) is 6.92 Å². The van der Waals surface area contributed by atoms with Gasteiger partial charge >= 0.3 is 0 Å². The number of methoxy groups -OCH3 is 1. The molecule has 2 rings (SSSR count). The summed E-state index contributed by atoms with van der Waals surface area (Å²) >= 11 is 0. The second-order valence-corrected chi connectivity index (χ2v) is 4.21. The van der Waals surface area contributed by atoms with Crippen molar-refractivity contribution in [1.29, 1.82) is 0 Å². The van der Waals surface area contributed by atoms with Crippen LogP contribution in [0.3, 0.4) is 0 Å². The lowest BCUT2D eigenvalue weighted by molar-refractivity contribution is 0.386. The molecule has 0 radical (unpaired) electrons. The summed E-state index contributed by atoms with van der Waals surface area (Å²) in [5, 5.41) is 3.10. The molecule has 0 aliphatic carbocycles. The van der Waals surface area contributed by atoms with Crippen LogP contribution in [0.1, 0.15) is 12.6 Å². The maximum atomic E-state index is 13.4. The molecule has 0 atom stereocenters. The number of rotatable bonds is 5. The molecule has 0 amide bonds. The number of ether oxygens (including phenoxy) is 1. The van der Waals surface area contributed by atoms with Crippen LogP contribution in [0, 0.1) is 5.82 Å². The number of benzene rings is 1. The summed E-state index contributed by atoms with van der Waals surface area (Å²) in [7, 11) is 1.39. The fourth-order valence-electron chi connectivity index (χ4n) is 1.80. The second kappa shape index (κ2) is 6.29. The number of aromatic amines is 1. The zero-order valence-electron chi connectivity index (χ0n) is 11.4. The molecule has 0 aliphatic rings. The van der Waals surface area contributed by atoms with Gasteiger partial charge in [0.15, 0.2) is 11.6 Å². The third-order valence-corrected chi connectivity index (χ3v) is 2.78. The van der Waals surface area contributed by atoms with Gasteiger partial charge in [0, 0.05) is 18.2 Å². The van der Waals surface area contributed by atoms with E-state index in [0.717, 1.165) is 6.54 Å². The van der Waals surface area contributed by atoms with Gasteiger partial charge in [0.1, 0.15) is 5.82 Å². The summed E-state index contributed by atoms with van der Waals surface area (Å²) in [5.74, 6) is 0.0494. The van der Waals surface area contributed by atoms with E-state index >= 15 is 0 Å². The van der Waals surface area contributed by atoms with Gasteiger partial charge in [-0.2, -0.15) is 0 Å². The number of nitrogens with one attached hydrogen (secondary N) is 2. The number of aromatic nitrogens is 2. The van der Waals surface area contributed by atoms with Crippen LogP contribution in [0.4, 0.5) is 4.39 Å². The highest BCUT2D eigenvalue weighted by atomic mass is 19.1. The molecule has 2 N–H and O–H groups in total. The molecule has 5 nitrogen and oxygen atoms in total. The Morgan fingerprint density at radius 2 is 2.20 bits per heavy atom. The highest BCUT2D eigenvalue weighted by Crippen LogP contribution is 2.23. The van der Waals surface area contributed by atoms with Crippen molar-refractivity contribution in [2.24, 2.45) is 0 Å². The Labute approximate surface area is 115 Å². The Morgan fingerprint density at radius 3 is 2.90 bits per heavy atom. The Balaban J connectivity index is 2.41. The average Bonchev–Trinajstić information content (AvgIpc) is 2.45. The average molecular weight is 277 g/mol. The van der Waals surface area contributed by atoms with E-state index in [1.54, 1.807) is 6.07 Å². The predicted octanol–water partition coefficient (Wildman–Crippen LogP) is 1.69. The molecule has 20 heavy (non-hydrogen) atoms. The fourth-order valence-corrected chi connectivity index (χ4v) is 1.80. The monoisotopic (exact) mass is 277 g/mol. The molecule has 0 saturated heterocycles. The first-order chi connectivity index (χ1) is 9.63. The molecule has 0 spiro atoms. The summed E-state index contributed by atoms with van der Waals surface area (Å²) in [5.41, 5.74) is 0.985. The number of hydrogen-bond donors (Lipinski definition) is 2. The minimum absolute atomic E-state index is 0.113. The van der Waals surface area contributed by atoms with Gasteiger partial charge in [-0.25, -0.2) is 9.37 Å². The third-order valence-electron chi connectivity index (χ3n) is 2.78. The lowest BCUT2D eigenvalue weighted by Crippen LogP contribution is -2.17. The van der Waals surface area contributed by atoms with Gasteiger partial charge < -0.3 is 15.0 Å². The largest absolute Gasteiger partial charge is 0.494 e. The minimum Gasteiger partial charge on any atom is -0.494 e. The van der Waals surface area contributed by atoms with Gasteiger partial charge in [-0.05, 0) is 24.7 Å². The maximum Gasteiger partial charge on any atom is 0.251 e. The van der Waals surface area contributed by atoms with Crippen LogP contribution in [0.5, 0.6) is 5.75 Å². The quantitative estimate of drug-likeness (QED) is 0.873. The van der Waals surface area contributed by atoms with E-state index in [1.807, 2.05) is 6.92 Å². The first-order valence-electron chi connectivity index (χ1n) is 6.29. The van der Waals surface area contributed by atoms with E-state index in [-0.39, 0.29) is 11.3 Å². The maximum absolute atomic E-state index is 13.4. The standard InChI is InChI=1S/C14H16FN3O2/c1-3-16-8-10-7-13(19)18-14(17-10)9-4-5-11(15)12(6-9)20-2/h4-7,16H,3,8H2,1-2H3,(H,17,18,19). The highest BCUT2D eigenvalue weighted by Gasteiger charge is 2.08. The molecule has 6 heteroatoms. The Bertz CT molecular complexity index is 655. The zero-order valence-corrected chi connectivity index (χ0v) is 11.4. The Morgan fingerprint density at radius 1 is 1.40 bits per heavy atom. The molecule has 0 aliphatic heterocycles. The van der Waals surface area contributed by atoms with Gasteiger partial charge in [0.2, 0.25) is 0 Å². The van der Waals surface area contributed by atoms with Crippen molar-refractivity contribution in [3.05, 3.63) is 46.1 Å². The Kier molecular flexibility index (Phi) is 4.47. The minimum atomic E-state index is -0.456. The summed E-state index contributed by atoms with van der Waals surface area (Å²) in [6.07, 6.45) is 0. The molecule has 0 unspecified atom stereocenters. The smallest absolute Gasteiger partial charge is 0.251 e. The van der Waals surface area contributed by atoms with Crippen LogP contribution < -0.4 is 15.6 Å². The lowest BCUT2D eigenvalue weighted by atomic mass is 10.2. The van der Waals surface area contributed by atoms with Crippen molar-refractivity contribution < 1.29 is 9.13 Å². The number of nitrogens with zero attached hydrogens (tertiary/aromatic N) is 1. The van der Waals surface area contributed by atoms with E-state index < -0.39 is 5.82 Å². The van der Waals surface area contributed by atoms with Crippen LogP contribution in [-0.2, 0) is 6.54 Å². The number of halogens is 1. The molecule has 0 bridgehead atoms. The van der Waals surface area contributed by atoms with Crippen molar-refractivity contribution >= 4 is 0 Å². The van der Waals surface area contributed by atoms with Crippen LogP contribution in [0.2, 0.25) is 0 Å². The SMILES string of the molecule is CCNCc1cc(=O)[nH]c(-c2ccc(F)c(OC)c2)n1. The molecule has 2 aromatic rings. The molecular formula is C14H16FN3O2. The van der Waals surface area contributed by atoms with E-state index in [9.17, 15) is 9.18 Å². The first-order valence-corrected chi connectivity index (χ1v) is 6.29. The topological polar surface area (TPSA) is 67.0 Å². The zero-order chi connectivity index (χ0) is 14.5. The lowest BCUT2D eigenvalue weighted by Gasteiger charge is -2.07. The van der Waals surface area contributed by atoms with Crippen molar-refractivity contribution in [2.75, 3.05) is 13.7 Å². The molecule has 0 saturated carbocycles. The van der Waals surface area contributed by atoms with Crippen molar-refractivity contribution in [1.82, 2.24) is 15.3 Å². The predicted molar refractivity (Wildman–Crippen MR) is 74.2 cm³/mol. The van der Waals surface area contributed by atoms with E-state index in [0.29, 0.717) is 23.6 Å².